The van der Waals surface area contributed by atoms with Crippen LogP contribution in [0.2, 0.25) is 0 Å². The van der Waals surface area contributed by atoms with Crippen LogP contribution in [-0.4, -0.2) is 33.1 Å². The molecule has 21 heavy (non-hydrogen) atoms. The minimum atomic E-state index is -3.62. The Balaban J connectivity index is 2.29. The second kappa shape index (κ2) is 6.89. The Bertz CT molecular complexity index is 602. The first-order valence-electron chi connectivity index (χ1n) is 7.00. The molecular formula is C14H22N2O3S2. The standard InChI is InChI=1S/C14H22N2O3S2/c1-10(5-7-20-2)16-21(17,18)13-9-12(15)8-11-4-3-6-19-14(11)13/h8-10,16H,3-7,15H2,1-2H3. The molecule has 1 atom stereocenters. The summed E-state index contributed by atoms with van der Waals surface area (Å²) in [6.07, 6.45) is 4.47. The van der Waals surface area contributed by atoms with Crippen LogP contribution in [0.15, 0.2) is 17.0 Å². The quantitative estimate of drug-likeness (QED) is 0.780. The highest BCUT2D eigenvalue weighted by molar-refractivity contribution is 7.98. The van der Waals surface area contributed by atoms with E-state index in [1.807, 2.05) is 13.2 Å². The van der Waals surface area contributed by atoms with Crippen molar-refractivity contribution in [2.45, 2.75) is 37.1 Å². The summed E-state index contributed by atoms with van der Waals surface area (Å²) in [6.45, 7) is 2.41. The van der Waals surface area contributed by atoms with E-state index in [1.165, 1.54) is 6.07 Å². The minimum Gasteiger partial charge on any atom is -0.492 e. The van der Waals surface area contributed by atoms with Crippen LogP contribution in [0, 0.1) is 0 Å². The van der Waals surface area contributed by atoms with E-state index in [1.54, 1.807) is 17.8 Å². The SMILES string of the molecule is CSCCC(C)NS(=O)(=O)c1cc(N)cc2c1OCCC2. The van der Waals surface area contributed by atoms with Crippen molar-refractivity contribution in [1.29, 1.82) is 0 Å². The van der Waals surface area contributed by atoms with Crippen molar-refractivity contribution in [1.82, 2.24) is 4.72 Å². The topological polar surface area (TPSA) is 81.4 Å². The number of nitrogens with one attached hydrogen (secondary N) is 1. The van der Waals surface area contributed by atoms with Gasteiger partial charge in [0.2, 0.25) is 10.0 Å². The molecule has 1 unspecified atom stereocenters. The number of fused-ring (bicyclic) bond motifs is 1. The van der Waals surface area contributed by atoms with Crippen molar-refractivity contribution in [3.63, 3.8) is 0 Å². The molecule has 5 nitrogen and oxygen atoms in total. The van der Waals surface area contributed by atoms with E-state index in [0.717, 1.165) is 30.6 Å². The second-order valence-corrected chi connectivity index (χ2v) is 7.93. The smallest absolute Gasteiger partial charge is 0.244 e. The molecule has 7 heteroatoms. The number of ether oxygens (including phenoxy) is 1. The van der Waals surface area contributed by atoms with Gasteiger partial charge in [0.05, 0.1) is 6.61 Å². The van der Waals surface area contributed by atoms with Crippen LogP contribution in [0.4, 0.5) is 5.69 Å². The molecule has 1 aromatic carbocycles. The van der Waals surface area contributed by atoms with Gasteiger partial charge in [-0.05, 0) is 55.9 Å². The Morgan fingerprint density at radius 1 is 1.48 bits per heavy atom. The summed E-state index contributed by atoms with van der Waals surface area (Å²) < 4.78 is 33.4. The van der Waals surface area contributed by atoms with Crippen LogP contribution >= 0.6 is 11.8 Å². The number of benzene rings is 1. The van der Waals surface area contributed by atoms with Gasteiger partial charge in [0.1, 0.15) is 10.6 Å². The number of aryl methyl sites for hydroxylation is 1. The van der Waals surface area contributed by atoms with E-state index in [2.05, 4.69) is 4.72 Å². The molecule has 0 saturated heterocycles. The average molecular weight is 330 g/mol. The Morgan fingerprint density at radius 3 is 2.95 bits per heavy atom. The number of rotatable bonds is 6. The molecule has 0 aromatic heterocycles. The average Bonchev–Trinajstić information content (AvgIpc) is 2.43. The van der Waals surface area contributed by atoms with Gasteiger partial charge in [-0.25, -0.2) is 13.1 Å². The van der Waals surface area contributed by atoms with E-state index in [4.69, 9.17) is 10.5 Å². The lowest BCUT2D eigenvalue weighted by Crippen LogP contribution is -2.33. The van der Waals surface area contributed by atoms with Gasteiger partial charge in [-0.2, -0.15) is 11.8 Å². The lowest BCUT2D eigenvalue weighted by atomic mass is 10.1. The van der Waals surface area contributed by atoms with Crippen LogP contribution in [0.5, 0.6) is 5.75 Å². The molecule has 0 fully saturated rings. The zero-order valence-electron chi connectivity index (χ0n) is 12.4. The van der Waals surface area contributed by atoms with E-state index in [-0.39, 0.29) is 10.9 Å². The molecular weight excluding hydrogens is 308 g/mol. The third-order valence-corrected chi connectivity index (χ3v) is 5.63. The molecule has 0 bridgehead atoms. The van der Waals surface area contributed by atoms with Gasteiger partial charge in [0.15, 0.2) is 0 Å². The molecule has 118 valence electrons. The Kier molecular flexibility index (Phi) is 5.40. The first-order chi connectivity index (χ1) is 9.94. The van der Waals surface area contributed by atoms with E-state index in [9.17, 15) is 8.42 Å². The van der Waals surface area contributed by atoms with Crippen LogP contribution < -0.4 is 15.2 Å². The maximum atomic E-state index is 12.6. The summed E-state index contributed by atoms with van der Waals surface area (Å²) in [5.41, 5.74) is 7.17. The molecule has 2 rings (SSSR count). The normalized spacial score (nSPS) is 16.1. The van der Waals surface area contributed by atoms with Crippen LogP contribution in [-0.2, 0) is 16.4 Å². The third-order valence-electron chi connectivity index (χ3n) is 3.39. The summed E-state index contributed by atoms with van der Waals surface area (Å²) in [5.74, 6) is 1.37. The predicted octanol–water partition coefficient (Wildman–Crippen LogP) is 2.01. The van der Waals surface area contributed by atoms with Crippen molar-refractivity contribution in [2.75, 3.05) is 24.3 Å². The number of nitrogens with two attached hydrogens (primary N) is 1. The van der Waals surface area contributed by atoms with Crippen LogP contribution in [0.25, 0.3) is 0 Å². The lowest BCUT2D eigenvalue weighted by Gasteiger charge is -2.22. The van der Waals surface area contributed by atoms with Crippen molar-refractivity contribution >= 4 is 27.5 Å². The Hall–Kier alpha value is -0.920. The number of thioether (sulfide) groups is 1. The van der Waals surface area contributed by atoms with Gasteiger partial charge in [-0.3, -0.25) is 0 Å². The summed E-state index contributed by atoms with van der Waals surface area (Å²) in [7, 11) is -3.62. The zero-order valence-corrected chi connectivity index (χ0v) is 14.0. The number of hydrogen-bond acceptors (Lipinski definition) is 5. The highest BCUT2D eigenvalue weighted by Crippen LogP contribution is 2.34. The molecule has 0 aliphatic carbocycles. The molecule has 3 N–H and O–H groups in total. The minimum absolute atomic E-state index is 0.122. The number of hydrogen-bond donors (Lipinski definition) is 2. The molecule has 0 saturated carbocycles. The predicted molar refractivity (Wildman–Crippen MR) is 87.5 cm³/mol. The molecule has 0 amide bonds. The summed E-state index contributed by atoms with van der Waals surface area (Å²) >= 11 is 1.70. The fraction of sp³-hybridized carbons (Fsp3) is 0.571. The summed E-state index contributed by atoms with van der Waals surface area (Å²) in [4.78, 5) is 0.160. The van der Waals surface area contributed by atoms with Crippen LogP contribution in [0.1, 0.15) is 25.3 Å². The number of nitrogen functional groups attached to an aromatic ring is 1. The van der Waals surface area contributed by atoms with Gasteiger partial charge in [0.25, 0.3) is 0 Å². The molecule has 1 heterocycles. The maximum absolute atomic E-state index is 12.6. The fourth-order valence-electron chi connectivity index (χ4n) is 2.35. The Labute approximate surface area is 130 Å². The monoisotopic (exact) mass is 330 g/mol. The van der Waals surface area contributed by atoms with Gasteiger partial charge in [0, 0.05) is 11.7 Å². The van der Waals surface area contributed by atoms with Crippen molar-refractivity contribution in [2.24, 2.45) is 0 Å². The van der Waals surface area contributed by atoms with E-state index in [0.29, 0.717) is 18.0 Å². The first-order valence-corrected chi connectivity index (χ1v) is 9.88. The van der Waals surface area contributed by atoms with Crippen molar-refractivity contribution in [3.8, 4) is 5.75 Å². The first kappa shape index (κ1) is 16.5. The summed E-state index contributed by atoms with van der Waals surface area (Å²) in [6, 6.07) is 3.15. The van der Waals surface area contributed by atoms with Gasteiger partial charge < -0.3 is 10.5 Å². The zero-order chi connectivity index (χ0) is 15.5. The highest BCUT2D eigenvalue weighted by atomic mass is 32.2. The molecule has 0 spiro atoms. The van der Waals surface area contributed by atoms with Crippen LogP contribution in [0.3, 0.4) is 0 Å². The number of sulfonamides is 1. The highest BCUT2D eigenvalue weighted by Gasteiger charge is 2.26. The molecule has 1 aliphatic rings. The van der Waals surface area contributed by atoms with Gasteiger partial charge in [-0.15, -0.1) is 0 Å². The van der Waals surface area contributed by atoms with Crippen molar-refractivity contribution < 1.29 is 13.2 Å². The third kappa shape index (κ3) is 4.05. The van der Waals surface area contributed by atoms with Gasteiger partial charge >= 0.3 is 0 Å². The fourth-order valence-corrected chi connectivity index (χ4v) is 4.44. The summed E-state index contributed by atoms with van der Waals surface area (Å²) in [5, 5.41) is 0. The molecule has 1 aromatic rings. The molecule has 0 radical (unpaired) electrons. The molecule has 1 aliphatic heterocycles. The number of anilines is 1. The van der Waals surface area contributed by atoms with E-state index < -0.39 is 10.0 Å². The largest absolute Gasteiger partial charge is 0.492 e. The van der Waals surface area contributed by atoms with Gasteiger partial charge in [-0.1, -0.05) is 0 Å². The maximum Gasteiger partial charge on any atom is 0.244 e. The second-order valence-electron chi connectivity index (χ2n) is 5.26. The lowest BCUT2D eigenvalue weighted by molar-refractivity contribution is 0.280. The Morgan fingerprint density at radius 2 is 2.24 bits per heavy atom. The van der Waals surface area contributed by atoms with E-state index >= 15 is 0 Å². The van der Waals surface area contributed by atoms with Crippen molar-refractivity contribution in [3.05, 3.63) is 17.7 Å².